The second-order valence-electron chi connectivity index (χ2n) is 5.94. The second kappa shape index (κ2) is 7.84. The molecule has 0 saturated heterocycles. The lowest BCUT2D eigenvalue weighted by molar-refractivity contribution is 0.210. The molecule has 7 nitrogen and oxygen atoms in total. The lowest BCUT2D eigenvalue weighted by atomic mass is 10.3. The predicted molar refractivity (Wildman–Crippen MR) is 107 cm³/mol. The van der Waals surface area contributed by atoms with E-state index in [9.17, 15) is 0 Å². The van der Waals surface area contributed by atoms with Gasteiger partial charge in [-0.15, -0.1) is 0 Å². The molecule has 0 aliphatic heterocycles. The van der Waals surface area contributed by atoms with Crippen molar-refractivity contribution in [3.05, 3.63) is 66.9 Å². The van der Waals surface area contributed by atoms with Crippen LogP contribution < -0.4 is 10.6 Å². The summed E-state index contributed by atoms with van der Waals surface area (Å²) in [6.45, 7) is 1.19. The summed E-state index contributed by atoms with van der Waals surface area (Å²) in [5, 5.41) is 11.9. The molecule has 0 atom stereocenters. The molecule has 0 aliphatic carbocycles. The van der Waals surface area contributed by atoms with Crippen LogP contribution in [-0.4, -0.2) is 40.0 Å². The number of para-hydroxylation sites is 2. The topological polar surface area (TPSA) is 76.9 Å². The maximum atomic E-state index is 5.10. The minimum atomic E-state index is 0.524. The van der Waals surface area contributed by atoms with Gasteiger partial charge in [-0.1, -0.05) is 36.4 Å². The molecular weight excluding hydrogens is 340 g/mol. The van der Waals surface area contributed by atoms with Crippen molar-refractivity contribution in [2.45, 2.75) is 0 Å². The average Bonchev–Trinajstić information content (AvgIpc) is 3.14. The lowest BCUT2D eigenvalue weighted by Gasteiger charge is -2.11. The van der Waals surface area contributed by atoms with E-state index in [0.717, 1.165) is 22.4 Å². The number of benzene rings is 2. The first-order valence-electron chi connectivity index (χ1n) is 8.71. The highest BCUT2D eigenvalue weighted by Crippen LogP contribution is 2.26. The lowest BCUT2D eigenvalue weighted by Crippen LogP contribution is -2.11. The minimum absolute atomic E-state index is 0.524. The SMILES string of the molecule is COCCNc1nc(Nc2ccccc2)c2cnn(-c3ccccc3)c2n1. The standard InChI is InChI=1S/C20H20N6O/c1-27-13-12-21-20-24-18(23-15-8-4-2-5-9-15)17-14-22-26(19(17)25-20)16-10-6-3-7-11-16/h2-11,14H,12-13H2,1H3,(H2,21,23,24,25). The molecule has 7 heteroatoms. The molecule has 27 heavy (non-hydrogen) atoms. The molecule has 2 heterocycles. The van der Waals surface area contributed by atoms with Crippen molar-refractivity contribution in [3.63, 3.8) is 0 Å². The first-order valence-corrected chi connectivity index (χ1v) is 8.71. The summed E-state index contributed by atoms with van der Waals surface area (Å²) in [5.74, 6) is 1.23. The second-order valence-corrected chi connectivity index (χ2v) is 5.94. The zero-order valence-electron chi connectivity index (χ0n) is 15.0. The molecule has 2 aromatic carbocycles. The van der Waals surface area contributed by atoms with Crippen LogP contribution in [-0.2, 0) is 4.74 Å². The number of ether oxygens (including phenoxy) is 1. The van der Waals surface area contributed by atoms with Gasteiger partial charge in [-0.3, -0.25) is 0 Å². The van der Waals surface area contributed by atoms with E-state index in [1.807, 2.05) is 65.3 Å². The van der Waals surface area contributed by atoms with E-state index >= 15 is 0 Å². The number of anilines is 3. The molecule has 2 N–H and O–H groups in total. The Bertz CT molecular complexity index is 1020. The third-order valence-corrected chi connectivity index (χ3v) is 4.06. The van der Waals surface area contributed by atoms with Gasteiger partial charge in [0.2, 0.25) is 5.95 Å². The number of methoxy groups -OCH3 is 1. The summed E-state index contributed by atoms with van der Waals surface area (Å²) in [7, 11) is 1.67. The summed E-state index contributed by atoms with van der Waals surface area (Å²) in [5.41, 5.74) is 2.63. The van der Waals surface area contributed by atoms with Crippen LogP contribution in [0.4, 0.5) is 17.5 Å². The molecule has 0 bridgehead atoms. The Morgan fingerprint density at radius 2 is 1.70 bits per heavy atom. The molecule has 0 amide bonds. The normalized spacial score (nSPS) is 10.9. The van der Waals surface area contributed by atoms with Gasteiger partial charge in [-0.2, -0.15) is 15.1 Å². The highest BCUT2D eigenvalue weighted by atomic mass is 16.5. The first-order chi connectivity index (χ1) is 13.3. The molecule has 0 radical (unpaired) electrons. The van der Waals surface area contributed by atoms with Gasteiger partial charge in [-0.25, -0.2) is 4.68 Å². The van der Waals surface area contributed by atoms with Gasteiger partial charge < -0.3 is 15.4 Å². The number of hydrogen-bond donors (Lipinski definition) is 2. The maximum Gasteiger partial charge on any atom is 0.226 e. The van der Waals surface area contributed by atoms with Crippen LogP contribution in [0.1, 0.15) is 0 Å². The summed E-state index contributed by atoms with van der Waals surface area (Å²) >= 11 is 0. The average molecular weight is 360 g/mol. The monoisotopic (exact) mass is 360 g/mol. The van der Waals surface area contributed by atoms with E-state index in [2.05, 4.69) is 25.7 Å². The Labute approximate surface area is 157 Å². The van der Waals surface area contributed by atoms with Crippen molar-refractivity contribution in [3.8, 4) is 5.69 Å². The van der Waals surface area contributed by atoms with Crippen LogP contribution in [0.5, 0.6) is 0 Å². The smallest absolute Gasteiger partial charge is 0.226 e. The van der Waals surface area contributed by atoms with Gasteiger partial charge in [-0.05, 0) is 24.3 Å². The molecule has 0 spiro atoms. The highest BCUT2D eigenvalue weighted by Gasteiger charge is 2.14. The fourth-order valence-electron chi connectivity index (χ4n) is 2.76. The van der Waals surface area contributed by atoms with Crippen molar-refractivity contribution in [2.75, 3.05) is 30.9 Å². The Kier molecular flexibility index (Phi) is 4.93. The fourth-order valence-corrected chi connectivity index (χ4v) is 2.76. The van der Waals surface area contributed by atoms with Gasteiger partial charge in [0, 0.05) is 19.3 Å². The predicted octanol–water partition coefficient (Wildman–Crippen LogP) is 3.62. The van der Waals surface area contributed by atoms with Crippen LogP contribution in [0.25, 0.3) is 16.7 Å². The van der Waals surface area contributed by atoms with Crippen molar-refractivity contribution in [1.29, 1.82) is 0 Å². The number of rotatable bonds is 7. The number of nitrogens with one attached hydrogen (secondary N) is 2. The Morgan fingerprint density at radius 1 is 0.963 bits per heavy atom. The molecule has 0 saturated carbocycles. The Hall–Kier alpha value is -3.45. The molecule has 0 fully saturated rings. The van der Waals surface area contributed by atoms with E-state index in [1.165, 1.54) is 0 Å². The van der Waals surface area contributed by atoms with Crippen molar-refractivity contribution < 1.29 is 4.74 Å². The molecule has 0 unspecified atom stereocenters. The molecule has 4 rings (SSSR count). The Morgan fingerprint density at radius 3 is 2.44 bits per heavy atom. The Balaban J connectivity index is 1.79. The molecule has 0 aliphatic rings. The van der Waals surface area contributed by atoms with Crippen LogP contribution in [0.3, 0.4) is 0 Å². The zero-order chi connectivity index (χ0) is 18.5. The summed E-state index contributed by atoms with van der Waals surface area (Å²) in [4.78, 5) is 9.30. The number of nitrogens with zero attached hydrogens (tertiary/aromatic N) is 4. The van der Waals surface area contributed by atoms with Crippen molar-refractivity contribution >= 4 is 28.5 Å². The zero-order valence-corrected chi connectivity index (χ0v) is 15.0. The van der Waals surface area contributed by atoms with Crippen LogP contribution >= 0.6 is 0 Å². The fraction of sp³-hybridized carbons (Fsp3) is 0.150. The first kappa shape index (κ1) is 17.0. The maximum absolute atomic E-state index is 5.10. The summed E-state index contributed by atoms with van der Waals surface area (Å²) in [6.07, 6.45) is 1.78. The minimum Gasteiger partial charge on any atom is -0.383 e. The van der Waals surface area contributed by atoms with E-state index in [-0.39, 0.29) is 0 Å². The largest absolute Gasteiger partial charge is 0.383 e. The van der Waals surface area contributed by atoms with Crippen LogP contribution in [0.15, 0.2) is 66.9 Å². The van der Waals surface area contributed by atoms with Crippen LogP contribution in [0, 0.1) is 0 Å². The molecule has 4 aromatic rings. The van der Waals surface area contributed by atoms with Gasteiger partial charge in [0.25, 0.3) is 0 Å². The number of hydrogen-bond acceptors (Lipinski definition) is 6. The van der Waals surface area contributed by atoms with E-state index in [1.54, 1.807) is 13.3 Å². The molecule has 2 aromatic heterocycles. The van der Waals surface area contributed by atoms with E-state index < -0.39 is 0 Å². The van der Waals surface area contributed by atoms with Gasteiger partial charge in [0.05, 0.1) is 23.9 Å². The number of fused-ring (bicyclic) bond motifs is 1. The third-order valence-electron chi connectivity index (χ3n) is 4.06. The highest BCUT2D eigenvalue weighted by molar-refractivity contribution is 5.90. The summed E-state index contributed by atoms with van der Waals surface area (Å²) < 4.78 is 6.92. The van der Waals surface area contributed by atoms with Gasteiger partial charge >= 0.3 is 0 Å². The third kappa shape index (κ3) is 3.73. The summed E-state index contributed by atoms with van der Waals surface area (Å²) in [6, 6.07) is 19.8. The quantitative estimate of drug-likeness (QED) is 0.490. The van der Waals surface area contributed by atoms with Crippen molar-refractivity contribution in [1.82, 2.24) is 19.7 Å². The molecule has 136 valence electrons. The van der Waals surface area contributed by atoms with E-state index in [4.69, 9.17) is 4.74 Å². The number of aromatic nitrogens is 4. The molecular formula is C20H20N6O. The van der Waals surface area contributed by atoms with E-state index in [0.29, 0.717) is 24.9 Å². The van der Waals surface area contributed by atoms with Crippen molar-refractivity contribution in [2.24, 2.45) is 0 Å². The van der Waals surface area contributed by atoms with Gasteiger partial charge in [0.15, 0.2) is 5.65 Å². The van der Waals surface area contributed by atoms with Crippen LogP contribution in [0.2, 0.25) is 0 Å². The van der Waals surface area contributed by atoms with Gasteiger partial charge in [0.1, 0.15) is 5.82 Å².